The molecule has 1 aliphatic rings. The summed E-state index contributed by atoms with van der Waals surface area (Å²) in [7, 11) is -3.54. The van der Waals surface area contributed by atoms with Crippen LogP contribution in [0.2, 0.25) is 0 Å². The van der Waals surface area contributed by atoms with Crippen LogP contribution in [-0.2, 0) is 14.8 Å². The van der Waals surface area contributed by atoms with Crippen LogP contribution in [0.15, 0.2) is 58.8 Å². The average Bonchev–Trinajstić information content (AvgIpc) is 3.32. The lowest BCUT2D eigenvalue weighted by molar-refractivity contribution is -0.120. The monoisotopic (exact) mass is 499 g/mol. The van der Waals surface area contributed by atoms with Gasteiger partial charge in [0.25, 0.3) is 0 Å². The van der Waals surface area contributed by atoms with Crippen LogP contribution in [0.5, 0.6) is 5.75 Å². The Morgan fingerprint density at radius 1 is 1.12 bits per heavy atom. The molecule has 4 rings (SSSR count). The van der Waals surface area contributed by atoms with E-state index in [9.17, 15) is 13.2 Å². The van der Waals surface area contributed by atoms with Crippen molar-refractivity contribution in [1.29, 1.82) is 0 Å². The molecule has 7 nitrogen and oxygen atoms in total. The van der Waals surface area contributed by atoms with E-state index < -0.39 is 10.0 Å². The van der Waals surface area contributed by atoms with E-state index in [0.29, 0.717) is 42.6 Å². The van der Waals surface area contributed by atoms with Crippen molar-refractivity contribution in [3.8, 4) is 17.0 Å². The van der Waals surface area contributed by atoms with Crippen LogP contribution in [0.25, 0.3) is 11.3 Å². The van der Waals surface area contributed by atoms with Gasteiger partial charge in [-0.1, -0.05) is 24.6 Å². The number of hydrogen-bond acceptors (Lipinski definition) is 6. The second kappa shape index (κ2) is 10.7. The molecule has 0 bridgehead atoms. The molecule has 1 aromatic heterocycles. The number of anilines is 1. The maximum atomic E-state index is 12.9. The lowest BCUT2D eigenvalue weighted by atomic mass is 9.97. The molecule has 2 aromatic carbocycles. The van der Waals surface area contributed by atoms with Crippen molar-refractivity contribution in [2.24, 2.45) is 5.92 Å². The molecule has 1 fully saturated rings. The highest BCUT2D eigenvalue weighted by Gasteiger charge is 2.32. The summed E-state index contributed by atoms with van der Waals surface area (Å²) in [5.41, 5.74) is 2.76. The molecule has 0 spiro atoms. The molecule has 1 aliphatic heterocycles. The predicted octanol–water partition coefficient (Wildman–Crippen LogP) is 4.95. The van der Waals surface area contributed by atoms with E-state index in [-0.39, 0.29) is 11.8 Å². The molecule has 0 atom stereocenters. The minimum Gasteiger partial charge on any atom is -0.494 e. The fourth-order valence-corrected chi connectivity index (χ4v) is 6.02. The molecule has 0 unspecified atom stereocenters. The Hall–Kier alpha value is -2.75. The number of hydrogen-bond donors (Lipinski definition) is 1. The molecule has 0 radical (unpaired) electrons. The second-order valence-electron chi connectivity index (χ2n) is 8.39. The molecule has 180 valence electrons. The number of aryl methyl sites for hydroxylation is 1. The highest BCUT2D eigenvalue weighted by molar-refractivity contribution is 7.89. The Balaban J connectivity index is 1.32. The summed E-state index contributed by atoms with van der Waals surface area (Å²) in [6, 6.07) is 14.6. The number of piperidine rings is 1. The molecular weight excluding hydrogens is 470 g/mol. The van der Waals surface area contributed by atoms with Crippen molar-refractivity contribution in [3.05, 3.63) is 59.5 Å². The number of ether oxygens (including phenoxy) is 1. The minimum absolute atomic E-state index is 0.114. The summed E-state index contributed by atoms with van der Waals surface area (Å²) >= 11 is 1.38. The lowest BCUT2D eigenvalue weighted by Crippen LogP contribution is -2.41. The van der Waals surface area contributed by atoms with Gasteiger partial charge in [-0.3, -0.25) is 4.79 Å². The van der Waals surface area contributed by atoms with Gasteiger partial charge in [0.2, 0.25) is 15.9 Å². The minimum atomic E-state index is -3.54. The molecule has 1 amide bonds. The summed E-state index contributed by atoms with van der Waals surface area (Å²) in [5.74, 6) is 0.466. The number of thiazole rings is 1. The average molecular weight is 500 g/mol. The fraction of sp³-hybridized carbons (Fsp3) is 0.360. The van der Waals surface area contributed by atoms with Gasteiger partial charge in [-0.05, 0) is 62.6 Å². The predicted molar refractivity (Wildman–Crippen MR) is 135 cm³/mol. The molecule has 1 N–H and O–H groups in total. The van der Waals surface area contributed by atoms with Crippen LogP contribution in [-0.4, -0.2) is 43.3 Å². The van der Waals surface area contributed by atoms with E-state index in [1.54, 1.807) is 24.3 Å². The molecule has 0 saturated carbocycles. The van der Waals surface area contributed by atoms with Gasteiger partial charge in [0.05, 0.1) is 17.2 Å². The Morgan fingerprint density at radius 3 is 2.44 bits per heavy atom. The largest absolute Gasteiger partial charge is 0.494 e. The van der Waals surface area contributed by atoms with Gasteiger partial charge in [-0.15, -0.1) is 11.3 Å². The second-order valence-corrected chi connectivity index (χ2v) is 11.2. The number of sulfonamides is 1. The third-order valence-electron chi connectivity index (χ3n) is 5.84. The van der Waals surface area contributed by atoms with Gasteiger partial charge in [0.1, 0.15) is 5.75 Å². The smallest absolute Gasteiger partial charge is 0.243 e. The summed E-state index contributed by atoms with van der Waals surface area (Å²) in [6.07, 6.45) is 1.92. The first-order valence-electron chi connectivity index (χ1n) is 11.4. The molecule has 34 heavy (non-hydrogen) atoms. The SMILES string of the molecule is CCCOc1ccc(-c2csc(NC(=O)C3CCN(S(=O)(=O)c4ccc(C)cc4)CC3)n2)cc1. The van der Waals surface area contributed by atoms with E-state index in [1.165, 1.54) is 15.6 Å². The van der Waals surface area contributed by atoms with Crippen molar-refractivity contribution in [2.75, 3.05) is 25.0 Å². The highest BCUT2D eigenvalue weighted by atomic mass is 32.2. The number of benzene rings is 2. The van der Waals surface area contributed by atoms with Gasteiger partial charge in [-0.2, -0.15) is 4.31 Å². The molecule has 1 saturated heterocycles. The maximum absolute atomic E-state index is 12.9. The van der Waals surface area contributed by atoms with Crippen LogP contribution in [0.3, 0.4) is 0 Å². The highest BCUT2D eigenvalue weighted by Crippen LogP contribution is 2.29. The van der Waals surface area contributed by atoms with Crippen molar-refractivity contribution in [1.82, 2.24) is 9.29 Å². The van der Waals surface area contributed by atoms with Crippen molar-refractivity contribution < 1.29 is 17.9 Å². The zero-order valence-corrected chi connectivity index (χ0v) is 21.0. The summed E-state index contributed by atoms with van der Waals surface area (Å²) < 4.78 is 32.9. The zero-order valence-electron chi connectivity index (χ0n) is 19.4. The maximum Gasteiger partial charge on any atom is 0.243 e. The van der Waals surface area contributed by atoms with Gasteiger partial charge >= 0.3 is 0 Å². The van der Waals surface area contributed by atoms with Crippen molar-refractivity contribution >= 4 is 32.4 Å². The Kier molecular flexibility index (Phi) is 7.65. The first kappa shape index (κ1) is 24.4. The van der Waals surface area contributed by atoms with Gasteiger partial charge in [0.15, 0.2) is 5.13 Å². The molecular formula is C25H29N3O4S2. The zero-order chi connectivity index (χ0) is 24.1. The standard InChI is InChI=1S/C25H29N3O4S2/c1-3-16-32-21-8-6-19(7-9-21)23-17-33-25(26-23)27-24(29)20-12-14-28(15-13-20)34(30,31)22-10-4-18(2)5-11-22/h4-11,17,20H,3,12-16H2,1-2H3,(H,26,27,29). The molecule has 9 heteroatoms. The summed E-state index contributed by atoms with van der Waals surface area (Å²) in [5, 5.41) is 5.36. The van der Waals surface area contributed by atoms with Crippen molar-refractivity contribution in [2.45, 2.75) is 38.0 Å². The van der Waals surface area contributed by atoms with E-state index >= 15 is 0 Å². The number of nitrogens with one attached hydrogen (secondary N) is 1. The first-order chi connectivity index (χ1) is 16.4. The lowest BCUT2D eigenvalue weighted by Gasteiger charge is -2.30. The van der Waals surface area contributed by atoms with E-state index in [2.05, 4.69) is 17.2 Å². The van der Waals surface area contributed by atoms with Gasteiger partial charge in [0, 0.05) is 30.0 Å². The van der Waals surface area contributed by atoms with Crippen molar-refractivity contribution in [3.63, 3.8) is 0 Å². The first-order valence-corrected chi connectivity index (χ1v) is 13.7. The third-order valence-corrected chi connectivity index (χ3v) is 8.51. The number of aromatic nitrogens is 1. The van der Waals surface area contributed by atoms with Crippen LogP contribution in [0.4, 0.5) is 5.13 Å². The van der Waals surface area contributed by atoms with Gasteiger partial charge in [-0.25, -0.2) is 13.4 Å². The van der Waals surface area contributed by atoms with Crippen LogP contribution >= 0.6 is 11.3 Å². The fourth-order valence-electron chi connectivity index (χ4n) is 3.83. The topological polar surface area (TPSA) is 88.6 Å². The third kappa shape index (κ3) is 5.65. The Bertz CT molecular complexity index is 1210. The molecule has 2 heterocycles. The number of amides is 1. The Morgan fingerprint density at radius 2 is 1.79 bits per heavy atom. The van der Waals surface area contributed by atoms with Crippen LogP contribution < -0.4 is 10.1 Å². The van der Waals surface area contributed by atoms with E-state index in [1.807, 2.05) is 36.6 Å². The number of carbonyl (C=O) groups is 1. The number of nitrogens with zero attached hydrogens (tertiary/aromatic N) is 2. The Labute approximate surface area is 204 Å². The van der Waals surface area contributed by atoms with E-state index in [4.69, 9.17) is 4.74 Å². The van der Waals surface area contributed by atoms with Crippen LogP contribution in [0, 0.1) is 12.8 Å². The van der Waals surface area contributed by atoms with Gasteiger partial charge < -0.3 is 10.1 Å². The summed E-state index contributed by atoms with van der Waals surface area (Å²) in [6.45, 7) is 5.32. The number of carbonyl (C=O) groups excluding carboxylic acids is 1. The number of rotatable bonds is 8. The van der Waals surface area contributed by atoms with E-state index in [0.717, 1.165) is 29.0 Å². The normalized spacial score (nSPS) is 15.2. The molecule has 3 aromatic rings. The van der Waals surface area contributed by atoms with Crippen LogP contribution in [0.1, 0.15) is 31.7 Å². The molecule has 0 aliphatic carbocycles. The summed E-state index contributed by atoms with van der Waals surface area (Å²) in [4.78, 5) is 17.6. The quantitative estimate of drug-likeness (QED) is 0.474.